The van der Waals surface area contributed by atoms with Crippen molar-refractivity contribution in [1.82, 2.24) is 24.8 Å². The van der Waals surface area contributed by atoms with Crippen molar-refractivity contribution >= 4 is 17.5 Å². The van der Waals surface area contributed by atoms with Crippen LogP contribution in [0.25, 0.3) is 5.69 Å². The van der Waals surface area contributed by atoms with Gasteiger partial charge in [-0.05, 0) is 66.9 Å². The summed E-state index contributed by atoms with van der Waals surface area (Å²) in [6, 6.07) is 21.6. The second-order valence-corrected chi connectivity index (χ2v) is 10.4. The van der Waals surface area contributed by atoms with Crippen molar-refractivity contribution in [2.24, 2.45) is 0 Å². The fourth-order valence-corrected chi connectivity index (χ4v) is 5.29. The molecule has 9 nitrogen and oxygen atoms in total. The number of halogens is 1. The molecule has 42 heavy (non-hydrogen) atoms. The first kappa shape index (κ1) is 28.9. The van der Waals surface area contributed by atoms with E-state index in [1.807, 2.05) is 55.5 Å². The number of para-hydroxylation sites is 1. The zero-order chi connectivity index (χ0) is 29.6. The van der Waals surface area contributed by atoms with Gasteiger partial charge in [0, 0.05) is 51.9 Å². The number of methoxy groups -OCH3 is 1. The molecule has 3 aromatic carbocycles. The Labute approximate surface area is 245 Å². The quantitative estimate of drug-likeness (QED) is 0.348. The van der Waals surface area contributed by atoms with Crippen molar-refractivity contribution in [3.63, 3.8) is 0 Å². The van der Waals surface area contributed by atoms with Gasteiger partial charge in [-0.25, -0.2) is 9.07 Å². The number of benzene rings is 3. The Morgan fingerprint density at radius 1 is 0.929 bits per heavy atom. The lowest BCUT2D eigenvalue weighted by Crippen LogP contribution is -2.39. The van der Waals surface area contributed by atoms with Crippen LogP contribution in [0.15, 0.2) is 72.8 Å². The number of hydrogen-bond acceptors (Lipinski definition) is 6. The molecule has 0 unspecified atom stereocenters. The molecule has 0 radical (unpaired) electrons. The zero-order valence-corrected chi connectivity index (χ0v) is 24.2. The second kappa shape index (κ2) is 12.9. The van der Waals surface area contributed by atoms with E-state index >= 15 is 0 Å². The van der Waals surface area contributed by atoms with Crippen molar-refractivity contribution in [2.75, 3.05) is 38.2 Å². The predicted molar refractivity (Wildman–Crippen MR) is 158 cm³/mol. The van der Waals surface area contributed by atoms with Gasteiger partial charge in [0.05, 0.1) is 18.5 Å². The summed E-state index contributed by atoms with van der Waals surface area (Å²) >= 11 is 0. The molecule has 2 amide bonds. The number of ether oxygens (including phenoxy) is 1. The van der Waals surface area contributed by atoms with E-state index in [1.54, 1.807) is 40.6 Å². The van der Waals surface area contributed by atoms with Gasteiger partial charge in [0.15, 0.2) is 5.69 Å². The molecular formula is C32H35FN6O3. The number of nitrogens with zero attached hydrogens (tertiary/aromatic N) is 6. The molecule has 10 heteroatoms. The molecule has 1 aliphatic rings. The standard InChI is InChI=1S/C32H35FN6O3/c1-23-31(34-35-39(23)28-13-15-29(42-3)16-14-28)32(41)37-20-19-36(21-25-9-11-27(33)12-10-25)17-6-18-38(24(2)40)30-8-5-4-7-26(30)22-37/h4-5,7-16H,6,17-22H2,1-3H3. The molecule has 4 aromatic rings. The molecule has 218 valence electrons. The van der Waals surface area contributed by atoms with Crippen LogP contribution in [-0.2, 0) is 17.9 Å². The maximum Gasteiger partial charge on any atom is 0.276 e. The molecule has 1 aliphatic heterocycles. The molecule has 0 aliphatic carbocycles. The third kappa shape index (κ3) is 6.49. The van der Waals surface area contributed by atoms with Gasteiger partial charge >= 0.3 is 0 Å². The Bertz CT molecular complexity index is 1540. The maximum atomic E-state index is 14.1. The van der Waals surface area contributed by atoms with Gasteiger partial charge in [-0.1, -0.05) is 35.5 Å². The molecule has 1 aromatic heterocycles. The lowest BCUT2D eigenvalue weighted by atomic mass is 10.1. The summed E-state index contributed by atoms with van der Waals surface area (Å²) in [4.78, 5) is 32.6. The van der Waals surface area contributed by atoms with E-state index in [1.165, 1.54) is 12.1 Å². The van der Waals surface area contributed by atoms with Gasteiger partial charge in [-0.2, -0.15) is 0 Å². The zero-order valence-electron chi connectivity index (χ0n) is 24.2. The number of rotatable bonds is 5. The van der Waals surface area contributed by atoms with E-state index in [-0.39, 0.29) is 23.3 Å². The van der Waals surface area contributed by atoms with Gasteiger partial charge in [0.2, 0.25) is 5.91 Å². The lowest BCUT2D eigenvalue weighted by molar-refractivity contribution is -0.116. The first-order chi connectivity index (χ1) is 20.3. The average Bonchev–Trinajstić information content (AvgIpc) is 3.37. The molecular weight excluding hydrogens is 535 g/mol. The predicted octanol–water partition coefficient (Wildman–Crippen LogP) is 4.62. The number of amides is 2. The van der Waals surface area contributed by atoms with Crippen LogP contribution in [0.3, 0.4) is 0 Å². The van der Waals surface area contributed by atoms with Gasteiger partial charge < -0.3 is 14.5 Å². The molecule has 0 fully saturated rings. The Kier molecular flexibility index (Phi) is 8.92. The van der Waals surface area contributed by atoms with Gasteiger partial charge in [-0.15, -0.1) is 5.10 Å². The SMILES string of the molecule is COc1ccc(-n2nnc(C(=O)N3CCN(Cc4ccc(F)cc4)CCCN(C(C)=O)c4ccccc4C3)c2C)cc1. The minimum atomic E-state index is -0.277. The van der Waals surface area contributed by atoms with Crippen molar-refractivity contribution in [1.29, 1.82) is 0 Å². The highest BCUT2D eigenvalue weighted by atomic mass is 19.1. The third-order valence-electron chi connectivity index (χ3n) is 7.59. The van der Waals surface area contributed by atoms with Crippen molar-refractivity contribution in [2.45, 2.75) is 33.4 Å². The fourth-order valence-electron chi connectivity index (χ4n) is 5.29. The Balaban J connectivity index is 1.47. The summed E-state index contributed by atoms with van der Waals surface area (Å²) in [5, 5.41) is 8.59. The highest BCUT2D eigenvalue weighted by Crippen LogP contribution is 2.25. The van der Waals surface area contributed by atoms with E-state index in [9.17, 15) is 14.0 Å². The number of hydrogen-bond donors (Lipinski definition) is 0. The van der Waals surface area contributed by atoms with Gasteiger partial charge in [0.1, 0.15) is 11.6 Å². The highest BCUT2D eigenvalue weighted by molar-refractivity contribution is 5.94. The van der Waals surface area contributed by atoms with E-state index in [0.717, 1.165) is 34.7 Å². The van der Waals surface area contributed by atoms with E-state index in [0.29, 0.717) is 45.0 Å². The van der Waals surface area contributed by atoms with Crippen molar-refractivity contribution < 1.29 is 18.7 Å². The number of aromatic nitrogens is 3. The van der Waals surface area contributed by atoms with Crippen LogP contribution in [0, 0.1) is 12.7 Å². The summed E-state index contributed by atoms with van der Waals surface area (Å²) in [6.07, 6.45) is 0.748. The van der Waals surface area contributed by atoms with Crippen molar-refractivity contribution in [3.8, 4) is 11.4 Å². The van der Waals surface area contributed by atoms with Gasteiger partial charge in [-0.3, -0.25) is 14.5 Å². The summed E-state index contributed by atoms with van der Waals surface area (Å²) in [5.41, 5.74) is 4.33. The third-order valence-corrected chi connectivity index (χ3v) is 7.59. The number of carbonyl (C=O) groups is 2. The molecule has 0 spiro atoms. The largest absolute Gasteiger partial charge is 0.497 e. The van der Waals surface area contributed by atoms with Crippen molar-refractivity contribution in [3.05, 3.63) is 101 Å². The molecule has 2 heterocycles. The van der Waals surface area contributed by atoms with E-state index < -0.39 is 0 Å². The van der Waals surface area contributed by atoms with E-state index in [4.69, 9.17) is 4.74 Å². The molecule has 0 atom stereocenters. The number of anilines is 1. The first-order valence-electron chi connectivity index (χ1n) is 14.0. The van der Waals surface area contributed by atoms with E-state index in [2.05, 4.69) is 15.2 Å². The molecule has 0 bridgehead atoms. The van der Waals surface area contributed by atoms with Crippen LogP contribution < -0.4 is 9.64 Å². The van der Waals surface area contributed by atoms with Crippen LogP contribution in [0.4, 0.5) is 10.1 Å². The second-order valence-electron chi connectivity index (χ2n) is 10.4. The summed E-state index contributed by atoms with van der Waals surface area (Å²) in [6.45, 7) is 6.58. The monoisotopic (exact) mass is 570 g/mol. The minimum absolute atomic E-state index is 0.0528. The van der Waals surface area contributed by atoms with Crippen LogP contribution in [0.1, 0.15) is 40.7 Å². The smallest absolute Gasteiger partial charge is 0.276 e. The van der Waals surface area contributed by atoms with Crippen LogP contribution in [0.2, 0.25) is 0 Å². The summed E-state index contributed by atoms with van der Waals surface area (Å²) < 4.78 is 20.4. The first-order valence-corrected chi connectivity index (χ1v) is 14.0. The Morgan fingerprint density at radius 2 is 1.67 bits per heavy atom. The number of carbonyl (C=O) groups excluding carboxylic acids is 2. The lowest BCUT2D eigenvalue weighted by Gasteiger charge is -2.27. The topological polar surface area (TPSA) is 83.8 Å². The Morgan fingerprint density at radius 3 is 2.38 bits per heavy atom. The average molecular weight is 571 g/mol. The van der Waals surface area contributed by atoms with Crippen LogP contribution in [0.5, 0.6) is 5.75 Å². The Hall–Kier alpha value is -4.57. The summed E-state index contributed by atoms with van der Waals surface area (Å²) in [7, 11) is 1.61. The van der Waals surface area contributed by atoms with Gasteiger partial charge in [0.25, 0.3) is 5.91 Å². The molecule has 0 saturated heterocycles. The molecule has 0 N–H and O–H groups in total. The van der Waals surface area contributed by atoms with Crippen LogP contribution in [-0.4, -0.2) is 69.9 Å². The summed E-state index contributed by atoms with van der Waals surface area (Å²) in [5.74, 6) is 0.154. The fraction of sp³-hybridized carbons (Fsp3) is 0.312. The molecule has 0 saturated carbocycles. The number of fused-ring (bicyclic) bond motifs is 1. The molecule has 5 rings (SSSR count). The maximum absolute atomic E-state index is 14.1. The highest BCUT2D eigenvalue weighted by Gasteiger charge is 2.26. The van der Waals surface area contributed by atoms with Crippen LogP contribution >= 0.6 is 0 Å². The minimum Gasteiger partial charge on any atom is -0.497 e. The normalized spacial score (nSPS) is 14.7.